The lowest BCUT2D eigenvalue weighted by atomic mass is 10.0. The van der Waals surface area contributed by atoms with Crippen molar-refractivity contribution >= 4 is 11.0 Å². The fourth-order valence-corrected chi connectivity index (χ4v) is 4.10. The van der Waals surface area contributed by atoms with Gasteiger partial charge >= 0.3 is 0 Å². The summed E-state index contributed by atoms with van der Waals surface area (Å²) in [4.78, 5) is 7.67. The van der Waals surface area contributed by atoms with Crippen LogP contribution in [0.25, 0.3) is 11.0 Å². The molecule has 2 aromatic rings. The number of likely N-dealkylation sites (tertiary alicyclic amines) is 1. The molecule has 2 aliphatic rings. The fourth-order valence-electron chi connectivity index (χ4n) is 4.10. The molecule has 1 N–H and O–H groups in total. The molecule has 1 unspecified atom stereocenters. The molecule has 0 amide bonds. The minimum atomic E-state index is 0.505. The first-order chi connectivity index (χ1) is 10.3. The molecule has 0 aliphatic carbocycles. The summed E-state index contributed by atoms with van der Waals surface area (Å²) in [5, 5.41) is 3.48. The number of para-hydroxylation sites is 2. The van der Waals surface area contributed by atoms with Gasteiger partial charge in [-0.1, -0.05) is 12.1 Å². The maximum absolute atomic E-state index is 4.95. The number of imidazole rings is 1. The highest BCUT2D eigenvalue weighted by molar-refractivity contribution is 5.75. The number of hydrogen-bond donors (Lipinski definition) is 1. The molecule has 1 aromatic carbocycles. The van der Waals surface area contributed by atoms with E-state index in [0.29, 0.717) is 6.04 Å². The number of fused-ring (bicyclic) bond motifs is 1. The third kappa shape index (κ3) is 2.27. The van der Waals surface area contributed by atoms with E-state index in [0.717, 1.165) is 24.6 Å². The Balaban J connectivity index is 1.68. The quantitative estimate of drug-likeness (QED) is 0.919. The van der Waals surface area contributed by atoms with E-state index in [1.807, 2.05) is 0 Å². The van der Waals surface area contributed by atoms with Crippen molar-refractivity contribution in [2.24, 2.45) is 7.05 Å². The van der Waals surface area contributed by atoms with Crippen LogP contribution in [0.4, 0.5) is 0 Å². The molecule has 0 radical (unpaired) electrons. The van der Waals surface area contributed by atoms with Gasteiger partial charge in [-0.05, 0) is 57.5 Å². The number of benzene rings is 1. The van der Waals surface area contributed by atoms with E-state index in [2.05, 4.69) is 46.1 Å². The van der Waals surface area contributed by atoms with E-state index >= 15 is 0 Å². The Kier molecular flexibility index (Phi) is 3.43. The fraction of sp³-hybridized carbons (Fsp3) is 0.588. The lowest BCUT2D eigenvalue weighted by Gasteiger charge is -2.35. The summed E-state index contributed by atoms with van der Waals surface area (Å²) < 4.78 is 2.30. The van der Waals surface area contributed by atoms with Crippen molar-refractivity contribution in [2.75, 3.05) is 19.6 Å². The van der Waals surface area contributed by atoms with Gasteiger partial charge < -0.3 is 9.88 Å². The zero-order chi connectivity index (χ0) is 14.2. The largest absolute Gasteiger partial charge is 0.330 e. The van der Waals surface area contributed by atoms with Crippen LogP contribution in [-0.2, 0) is 7.05 Å². The Bertz CT molecular complexity index is 627. The van der Waals surface area contributed by atoms with Gasteiger partial charge in [0.05, 0.1) is 17.1 Å². The minimum Gasteiger partial charge on any atom is -0.330 e. The van der Waals surface area contributed by atoms with Crippen LogP contribution >= 0.6 is 0 Å². The lowest BCUT2D eigenvalue weighted by molar-refractivity contribution is 0.142. The maximum atomic E-state index is 4.95. The molecule has 0 spiro atoms. The average Bonchev–Trinajstić information content (AvgIpc) is 3.13. The number of piperidine rings is 1. The summed E-state index contributed by atoms with van der Waals surface area (Å²) >= 11 is 0. The molecule has 2 aliphatic heterocycles. The highest BCUT2D eigenvalue weighted by atomic mass is 15.3. The molecular weight excluding hydrogens is 260 g/mol. The van der Waals surface area contributed by atoms with Gasteiger partial charge in [-0.25, -0.2) is 4.98 Å². The van der Waals surface area contributed by atoms with Crippen molar-refractivity contribution in [3.05, 3.63) is 30.1 Å². The summed E-state index contributed by atoms with van der Waals surface area (Å²) in [5.74, 6) is 1.26. The van der Waals surface area contributed by atoms with Crippen molar-refractivity contribution in [3.63, 3.8) is 0 Å². The Morgan fingerprint density at radius 1 is 1.14 bits per heavy atom. The van der Waals surface area contributed by atoms with E-state index in [1.165, 1.54) is 43.6 Å². The standard InChI is InChI=1S/C17H24N4/c1-20-15-6-3-2-5-14(15)19-17(20)16-7-4-12-21(16)13-8-10-18-11-9-13/h2-3,5-6,13,16,18H,4,7-12H2,1H3. The van der Waals surface area contributed by atoms with Gasteiger partial charge in [0.2, 0.25) is 0 Å². The summed E-state index contributed by atoms with van der Waals surface area (Å²) in [6, 6.07) is 9.73. The third-order valence-corrected chi connectivity index (χ3v) is 5.19. The molecule has 1 atom stereocenters. The van der Waals surface area contributed by atoms with Crippen LogP contribution in [0.5, 0.6) is 0 Å². The Labute approximate surface area is 126 Å². The number of rotatable bonds is 2. The van der Waals surface area contributed by atoms with Gasteiger partial charge in [0.1, 0.15) is 5.82 Å². The summed E-state index contributed by atoms with van der Waals surface area (Å²) in [6.45, 7) is 3.56. The van der Waals surface area contributed by atoms with Crippen LogP contribution in [-0.4, -0.2) is 40.1 Å². The molecular formula is C17H24N4. The number of hydrogen-bond acceptors (Lipinski definition) is 3. The predicted molar refractivity (Wildman–Crippen MR) is 85.3 cm³/mol. The predicted octanol–water partition coefficient (Wildman–Crippen LogP) is 2.46. The van der Waals surface area contributed by atoms with Crippen LogP contribution in [0.2, 0.25) is 0 Å². The van der Waals surface area contributed by atoms with Crippen LogP contribution in [0, 0.1) is 0 Å². The summed E-state index contributed by atoms with van der Waals surface area (Å²) in [5.41, 5.74) is 2.39. The molecule has 1 aromatic heterocycles. The number of aryl methyl sites for hydroxylation is 1. The molecule has 2 fully saturated rings. The molecule has 4 rings (SSSR count). The first-order valence-electron chi connectivity index (χ1n) is 8.22. The second-order valence-electron chi connectivity index (χ2n) is 6.39. The van der Waals surface area contributed by atoms with Gasteiger partial charge in [-0.2, -0.15) is 0 Å². The summed E-state index contributed by atoms with van der Waals surface area (Å²) in [6.07, 6.45) is 5.11. The van der Waals surface area contributed by atoms with Gasteiger partial charge in [0.25, 0.3) is 0 Å². The Morgan fingerprint density at radius 2 is 1.95 bits per heavy atom. The molecule has 0 saturated carbocycles. The zero-order valence-corrected chi connectivity index (χ0v) is 12.8. The zero-order valence-electron chi connectivity index (χ0n) is 12.8. The van der Waals surface area contributed by atoms with Crippen molar-refractivity contribution < 1.29 is 0 Å². The van der Waals surface area contributed by atoms with E-state index < -0.39 is 0 Å². The van der Waals surface area contributed by atoms with Gasteiger partial charge in [-0.3, -0.25) is 4.90 Å². The second-order valence-corrected chi connectivity index (χ2v) is 6.39. The number of nitrogens with zero attached hydrogens (tertiary/aromatic N) is 3. The minimum absolute atomic E-state index is 0.505. The highest BCUT2D eigenvalue weighted by Crippen LogP contribution is 2.36. The first kappa shape index (κ1) is 13.3. The Hall–Kier alpha value is -1.39. The second kappa shape index (κ2) is 5.43. The van der Waals surface area contributed by atoms with E-state index in [4.69, 9.17) is 4.98 Å². The van der Waals surface area contributed by atoms with E-state index in [9.17, 15) is 0 Å². The van der Waals surface area contributed by atoms with E-state index in [-0.39, 0.29) is 0 Å². The monoisotopic (exact) mass is 284 g/mol. The summed E-state index contributed by atoms with van der Waals surface area (Å²) in [7, 11) is 2.17. The number of nitrogens with one attached hydrogen (secondary N) is 1. The lowest BCUT2D eigenvalue weighted by Crippen LogP contribution is -2.43. The van der Waals surface area contributed by atoms with Gasteiger partial charge in [0, 0.05) is 13.1 Å². The maximum Gasteiger partial charge on any atom is 0.127 e. The van der Waals surface area contributed by atoms with Crippen LogP contribution in [0.1, 0.15) is 37.5 Å². The van der Waals surface area contributed by atoms with Crippen molar-refractivity contribution in [1.82, 2.24) is 19.8 Å². The molecule has 21 heavy (non-hydrogen) atoms. The highest BCUT2D eigenvalue weighted by Gasteiger charge is 2.34. The molecule has 0 bridgehead atoms. The van der Waals surface area contributed by atoms with Crippen molar-refractivity contribution in [2.45, 2.75) is 37.8 Å². The van der Waals surface area contributed by atoms with Gasteiger partial charge in [0.15, 0.2) is 0 Å². The van der Waals surface area contributed by atoms with Crippen molar-refractivity contribution in [1.29, 1.82) is 0 Å². The SMILES string of the molecule is Cn1c(C2CCCN2C2CCNCC2)nc2ccccc21. The third-order valence-electron chi connectivity index (χ3n) is 5.19. The Morgan fingerprint density at radius 3 is 2.76 bits per heavy atom. The molecule has 112 valence electrons. The molecule has 4 heteroatoms. The topological polar surface area (TPSA) is 33.1 Å². The number of aromatic nitrogens is 2. The molecule has 2 saturated heterocycles. The average molecular weight is 284 g/mol. The van der Waals surface area contributed by atoms with E-state index in [1.54, 1.807) is 0 Å². The molecule has 4 nitrogen and oxygen atoms in total. The first-order valence-corrected chi connectivity index (χ1v) is 8.22. The molecule has 3 heterocycles. The van der Waals surface area contributed by atoms with Crippen LogP contribution < -0.4 is 5.32 Å². The van der Waals surface area contributed by atoms with Crippen LogP contribution in [0.3, 0.4) is 0 Å². The normalized spacial score (nSPS) is 24.9. The van der Waals surface area contributed by atoms with Crippen LogP contribution in [0.15, 0.2) is 24.3 Å². The van der Waals surface area contributed by atoms with Gasteiger partial charge in [-0.15, -0.1) is 0 Å². The van der Waals surface area contributed by atoms with Crippen molar-refractivity contribution in [3.8, 4) is 0 Å². The smallest absolute Gasteiger partial charge is 0.127 e.